The zero-order valence-corrected chi connectivity index (χ0v) is 19.8. The van der Waals surface area contributed by atoms with E-state index in [-0.39, 0.29) is 17.7 Å². The molecule has 0 fully saturated rings. The SMILES string of the molecule is COc1cc2c(cc1OC)C(c1ccccc1)N(CCC(=O)Nc1ccc(C(C)=O)cc1)CC2. The summed E-state index contributed by atoms with van der Waals surface area (Å²) in [5.41, 5.74) is 4.90. The molecule has 34 heavy (non-hydrogen) atoms. The molecule has 0 saturated carbocycles. The first-order valence-corrected chi connectivity index (χ1v) is 11.4. The molecule has 3 aromatic carbocycles. The molecule has 1 unspecified atom stereocenters. The number of fused-ring (bicyclic) bond motifs is 1. The highest BCUT2D eigenvalue weighted by Gasteiger charge is 2.30. The second-order valence-electron chi connectivity index (χ2n) is 8.44. The molecular formula is C28H30N2O4. The van der Waals surface area contributed by atoms with Crippen LogP contribution in [0, 0.1) is 0 Å². The number of amides is 1. The molecule has 6 nitrogen and oxygen atoms in total. The Kier molecular flexibility index (Phi) is 7.28. The quantitative estimate of drug-likeness (QED) is 0.487. The van der Waals surface area contributed by atoms with Gasteiger partial charge in [-0.15, -0.1) is 0 Å². The minimum Gasteiger partial charge on any atom is -0.493 e. The summed E-state index contributed by atoms with van der Waals surface area (Å²) in [6.45, 7) is 2.98. The largest absolute Gasteiger partial charge is 0.493 e. The Labute approximate surface area is 200 Å². The van der Waals surface area contributed by atoms with Gasteiger partial charge in [0.25, 0.3) is 0 Å². The zero-order chi connectivity index (χ0) is 24.1. The molecular weight excluding hydrogens is 428 g/mol. The van der Waals surface area contributed by atoms with Gasteiger partial charge in [-0.05, 0) is 66.4 Å². The second-order valence-corrected chi connectivity index (χ2v) is 8.44. The van der Waals surface area contributed by atoms with Crippen molar-refractivity contribution in [1.29, 1.82) is 0 Å². The maximum atomic E-state index is 12.7. The first-order chi connectivity index (χ1) is 16.5. The Hall–Kier alpha value is -3.64. The number of rotatable bonds is 8. The number of carbonyl (C=O) groups is 2. The first-order valence-electron chi connectivity index (χ1n) is 11.4. The Morgan fingerprint density at radius 1 is 0.971 bits per heavy atom. The van der Waals surface area contributed by atoms with E-state index in [2.05, 4.69) is 34.5 Å². The number of carbonyl (C=O) groups excluding carboxylic acids is 2. The summed E-state index contributed by atoms with van der Waals surface area (Å²) in [6.07, 6.45) is 1.23. The van der Waals surface area contributed by atoms with Gasteiger partial charge in [-0.1, -0.05) is 30.3 Å². The fourth-order valence-electron chi connectivity index (χ4n) is 4.52. The lowest BCUT2D eigenvalue weighted by Gasteiger charge is -2.38. The van der Waals surface area contributed by atoms with Gasteiger partial charge >= 0.3 is 0 Å². The Morgan fingerprint density at radius 3 is 2.29 bits per heavy atom. The van der Waals surface area contributed by atoms with Crippen molar-refractivity contribution in [3.05, 3.63) is 89.0 Å². The maximum absolute atomic E-state index is 12.7. The van der Waals surface area contributed by atoms with E-state index in [1.54, 1.807) is 38.5 Å². The highest BCUT2D eigenvalue weighted by atomic mass is 16.5. The molecule has 176 valence electrons. The summed E-state index contributed by atoms with van der Waals surface area (Å²) < 4.78 is 11.1. The van der Waals surface area contributed by atoms with Crippen molar-refractivity contribution in [3.8, 4) is 11.5 Å². The number of benzene rings is 3. The van der Waals surface area contributed by atoms with Crippen molar-refractivity contribution in [2.24, 2.45) is 0 Å². The van der Waals surface area contributed by atoms with E-state index in [0.29, 0.717) is 30.0 Å². The van der Waals surface area contributed by atoms with Gasteiger partial charge in [0.15, 0.2) is 17.3 Å². The third kappa shape index (κ3) is 5.13. The van der Waals surface area contributed by atoms with Crippen molar-refractivity contribution in [1.82, 2.24) is 4.90 Å². The number of ether oxygens (including phenoxy) is 2. The lowest BCUT2D eigenvalue weighted by atomic mass is 9.87. The van der Waals surface area contributed by atoms with E-state index in [0.717, 1.165) is 18.7 Å². The molecule has 0 radical (unpaired) electrons. The van der Waals surface area contributed by atoms with Gasteiger partial charge in [-0.2, -0.15) is 0 Å². The molecule has 1 atom stereocenters. The van der Waals surface area contributed by atoms with Gasteiger partial charge in [0, 0.05) is 30.8 Å². The average molecular weight is 459 g/mol. The third-order valence-electron chi connectivity index (χ3n) is 6.29. The zero-order valence-electron chi connectivity index (χ0n) is 19.8. The summed E-state index contributed by atoms with van der Waals surface area (Å²) in [5.74, 6) is 1.39. The van der Waals surface area contributed by atoms with E-state index in [9.17, 15) is 9.59 Å². The summed E-state index contributed by atoms with van der Waals surface area (Å²) >= 11 is 0. The van der Waals surface area contributed by atoms with E-state index >= 15 is 0 Å². The smallest absolute Gasteiger partial charge is 0.225 e. The number of ketones is 1. The van der Waals surface area contributed by atoms with E-state index in [1.165, 1.54) is 23.6 Å². The van der Waals surface area contributed by atoms with Crippen LogP contribution in [0.15, 0.2) is 66.7 Å². The van der Waals surface area contributed by atoms with Crippen LogP contribution in [-0.4, -0.2) is 43.9 Å². The molecule has 0 saturated heterocycles. The fourth-order valence-corrected chi connectivity index (χ4v) is 4.52. The molecule has 0 spiro atoms. The van der Waals surface area contributed by atoms with Crippen molar-refractivity contribution >= 4 is 17.4 Å². The van der Waals surface area contributed by atoms with Gasteiger partial charge in [-0.3, -0.25) is 14.5 Å². The van der Waals surface area contributed by atoms with Gasteiger partial charge in [0.1, 0.15) is 0 Å². The van der Waals surface area contributed by atoms with Gasteiger partial charge in [0.05, 0.1) is 20.3 Å². The number of methoxy groups -OCH3 is 2. The lowest BCUT2D eigenvalue weighted by molar-refractivity contribution is -0.116. The molecule has 3 aromatic rings. The van der Waals surface area contributed by atoms with Crippen LogP contribution in [0.2, 0.25) is 0 Å². The number of hydrogen-bond acceptors (Lipinski definition) is 5. The normalized spacial score (nSPS) is 15.3. The average Bonchev–Trinajstić information content (AvgIpc) is 2.87. The second kappa shape index (κ2) is 10.5. The summed E-state index contributed by atoms with van der Waals surface area (Å²) in [7, 11) is 3.30. The van der Waals surface area contributed by atoms with Crippen LogP contribution < -0.4 is 14.8 Å². The molecule has 4 rings (SSSR count). The van der Waals surface area contributed by atoms with E-state index < -0.39 is 0 Å². The van der Waals surface area contributed by atoms with Crippen LogP contribution in [0.1, 0.15) is 46.4 Å². The molecule has 1 amide bonds. The van der Waals surface area contributed by atoms with Crippen molar-refractivity contribution < 1.29 is 19.1 Å². The van der Waals surface area contributed by atoms with Gasteiger partial charge < -0.3 is 14.8 Å². The van der Waals surface area contributed by atoms with Crippen molar-refractivity contribution in [3.63, 3.8) is 0 Å². The molecule has 0 aliphatic carbocycles. The Morgan fingerprint density at radius 2 is 1.65 bits per heavy atom. The molecule has 1 N–H and O–H groups in total. The summed E-state index contributed by atoms with van der Waals surface area (Å²) in [6, 6.07) is 21.5. The maximum Gasteiger partial charge on any atom is 0.225 e. The Bertz CT molecular complexity index is 1160. The highest BCUT2D eigenvalue weighted by Crippen LogP contribution is 2.41. The van der Waals surface area contributed by atoms with Crippen LogP contribution >= 0.6 is 0 Å². The van der Waals surface area contributed by atoms with Crippen molar-refractivity contribution in [2.45, 2.75) is 25.8 Å². The predicted octanol–water partition coefficient (Wildman–Crippen LogP) is 4.88. The molecule has 6 heteroatoms. The molecule has 0 bridgehead atoms. The molecule has 1 aliphatic heterocycles. The molecule has 1 aliphatic rings. The van der Waals surface area contributed by atoms with Gasteiger partial charge in [-0.25, -0.2) is 0 Å². The minimum absolute atomic E-state index is 0.00413. The summed E-state index contributed by atoms with van der Waals surface area (Å²) in [4.78, 5) is 26.5. The summed E-state index contributed by atoms with van der Waals surface area (Å²) in [5, 5.41) is 2.94. The van der Waals surface area contributed by atoms with Crippen molar-refractivity contribution in [2.75, 3.05) is 32.6 Å². The third-order valence-corrected chi connectivity index (χ3v) is 6.29. The predicted molar refractivity (Wildman–Crippen MR) is 133 cm³/mol. The van der Waals surface area contributed by atoms with Crippen LogP contribution in [0.4, 0.5) is 5.69 Å². The van der Waals surface area contributed by atoms with E-state index in [4.69, 9.17) is 9.47 Å². The minimum atomic E-state index is -0.0551. The van der Waals surface area contributed by atoms with Gasteiger partial charge in [0.2, 0.25) is 5.91 Å². The molecule has 0 aromatic heterocycles. The van der Waals surface area contributed by atoms with Crippen LogP contribution in [-0.2, 0) is 11.2 Å². The van der Waals surface area contributed by atoms with Crippen LogP contribution in [0.3, 0.4) is 0 Å². The monoisotopic (exact) mass is 458 g/mol. The Balaban J connectivity index is 1.53. The fraction of sp³-hybridized carbons (Fsp3) is 0.286. The van der Waals surface area contributed by atoms with Crippen LogP contribution in [0.25, 0.3) is 0 Å². The number of nitrogens with zero attached hydrogens (tertiary/aromatic N) is 1. The number of nitrogens with one attached hydrogen (secondary N) is 1. The standard InChI is InChI=1S/C28H30N2O4/c1-19(31)20-9-11-23(12-10-20)29-27(32)14-16-30-15-13-22-17-25(33-2)26(34-3)18-24(22)28(30)21-7-5-4-6-8-21/h4-12,17-18,28H,13-16H2,1-3H3,(H,29,32). The molecule has 1 heterocycles. The lowest BCUT2D eigenvalue weighted by Crippen LogP contribution is -2.38. The number of anilines is 1. The highest BCUT2D eigenvalue weighted by molar-refractivity contribution is 5.95. The number of hydrogen-bond donors (Lipinski definition) is 1. The van der Waals surface area contributed by atoms with Crippen LogP contribution in [0.5, 0.6) is 11.5 Å². The van der Waals surface area contributed by atoms with E-state index in [1.807, 2.05) is 18.2 Å². The topological polar surface area (TPSA) is 67.9 Å². The first kappa shape index (κ1) is 23.5. The number of Topliss-reactive ketones (excluding diaryl/α,β-unsaturated/α-hetero) is 1.